The first-order chi connectivity index (χ1) is 9.98. The third-order valence-corrected chi connectivity index (χ3v) is 5.42. The molecule has 0 saturated carbocycles. The number of nitrogens with zero attached hydrogens (tertiary/aromatic N) is 1. The molecule has 21 heavy (non-hydrogen) atoms. The van der Waals surface area contributed by atoms with Crippen LogP contribution in [0.15, 0.2) is 28.7 Å². The van der Waals surface area contributed by atoms with Gasteiger partial charge in [-0.3, -0.25) is 4.90 Å². The second kappa shape index (κ2) is 7.23. The van der Waals surface area contributed by atoms with Crippen LogP contribution in [0.2, 0.25) is 0 Å². The smallest absolute Gasteiger partial charge is 0.0724 e. The molecule has 1 aliphatic heterocycles. The van der Waals surface area contributed by atoms with E-state index in [2.05, 4.69) is 58.9 Å². The van der Waals surface area contributed by atoms with Crippen molar-refractivity contribution < 1.29 is 4.74 Å². The number of methoxy groups -OCH3 is 1. The van der Waals surface area contributed by atoms with Gasteiger partial charge in [0.05, 0.1) is 6.10 Å². The Morgan fingerprint density at radius 2 is 2.05 bits per heavy atom. The van der Waals surface area contributed by atoms with E-state index in [9.17, 15) is 0 Å². The molecule has 2 rings (SSSR count). The number of rotatable bonds is 5. The molecule has 3 nitrogen and oxygen atoms in total. The zero-order chi connectivity index (χ0) is 15.5. The number of nitrogens with two attached hydrogens (primary N) is 1. The van der Waals surface area contributed by atoms with Crippen LogP contribution in [0.4, 0.5) is 0 Å². The summed E-state index contributed by atoms with van der Waals surface area (Å²) in [6.45, 7) is 7.29. The molecule has 1 aromatic rings. The van der Waals surface area contributed by atoms with Crippen molar-refractivity contribution in [2.24, 2.45) is 11.7 Å². The number of benzene rings is 1. The first-order valence-corrected chi connectivity index (χ1v) is 8.50. The van der Waals surface area contributed by atoms with Crippen LogP contribution in [0, 0.1) is 5.92 Å². The van der Waals surface area contributed by atoms with E-state index in [4.69, 9.17) is 10.5 Å². The highest BCUT2D eigenvalue weighted by Gasteiger charge is 2.36. The van der Waals surface area contributed by atoms with Crippen molar-refractivity contribution in [3.05, 3.63) is 34.3 Å². The van der Waals surface area contributed by atoms with Crippen LogP contribution in [-0.2, 0) is 11.2 Å². The quantitative estimate of drug-likeness (QED) is 0.882. The average Bonchev–Trinajstić information content (AvgIpc) is 2.50. The molecule has 0 spiro atoms. The molecule has 0 radical (unpaired) electrons. The van der Waals surface area contributed by atoms with Crippen LogP contribution >= 0.6 is 15.9 Å². The van der Waals surface area contributed by atoms with Gasteiger partial charge in [-0.15, -0.1) is 0 Å². The van der Waals surface area contributed by atoms with Crippen LogP contribution in [-0.4, -0.2) is 43.3 Å². The monoisotopic (exact) mass is 354 g/mol. The summed E-state index contributed by atoms with van der Waals surface area (Å²) in [4.78, 5) is 2.52. The van der Waals surface area contributed by atoms with Gasteiger partial charge in [-0.05, 0) is 49.9 Å². The maximum Gasteiger partial charge on any atom is 0.0724 e. The number of likely N-dealkylation sites (tertiary alicyclic amines) is 1. The lowest BCUT2D eigenvalue weighted by molar-refractivity contribution is -0.0399. The Morgan fingerprint density at radius 3 is 2.62 bits per heavy atom. The molecule has 1 aliphatic rings. The molecule has 1 fully saturated rings. The molecule has 0 aliphatic carbocycles. The van der Waals surface area contributed by atoms with Gasteiger partial charge in [-0.2, -0.15) is 0 Å². The lowest BCUT2D eigenvalue weighted by atomic mass is 9.86. The predicted molar refractivity (Wildman–Crippen MR) is 91.5 cm³/mol. The minimum absolute atomic E-state index is 0.00918. The molecular formula is C17H27BrN2O. The highest BCUT2D eigenvalue weighted by atomic mass is 79.9. The molecule has 3 atom stereocenters. The van der Waals surface area contributed by atoms with Crippen LogP contribution < -0.4 is 5.73 Å². The highest BCUT2D eigenvalue weighted by Crippen LogP contribution is 2.28. The first kappa shape index (κ1) is 16.9. The number of hydrogen-bond acceptors (Lipinski definition) is 3. The fourth-order valence-corrected chi connectivity index (χ4v) is 3.45. The summed E-state index contributed by atoms with van der Waals surface area (Å²) in [5.74, 6) is 0.626. The summed E-state index contributed by atoms with van der Waals surface area (Å²) in [6.07, 6.45) is 2.46. The number of hydrogen-bond donors (Lipinski definition) is 1. The van der Waals surface area contributed by atoms with Gasteiger partial charge in [0.15, 0.2) is 0 Å². The Bertz CT molecular complexity index is 451. The summed E-state index contributed by atoms with van der Waals surface area (Å²) in [7, 11) is 1.82. The van der Waals surface area contributed by atoms with E-state index in [1.807, 2.05) is 7.11 Å². The zero-order valence-electron chi connectivity index (χ0n) is 13.3. The summed E-state index contributed by atoms with van der Waals surface area (Å²) in [5, 5.41) is 0. The van der Waals surface area contributed by atoms with Crippen LogP contribution in [0.3, 0.4) is 0 Å². The maximum atomic E-state index is 6.15. The maximum absolute atomic E-state index is 6.15. The van der Waals surface area contributed by atoms with Crippen molar-refractivity contribution in [2.75, 3.05) is 26.7 Å². The van der Waals surface area contributed by atoms with E-state index in [0.717, 1.165) is 24.0 Å². The minimum Gasteiger partial charge on any atom is -0.380 e. The van der Waals surface area contributed by atoms with Crippen molar-refractivity contribution in [2.45, 2.75) is 38.3 Å². The summed E-state index contributed by atoms with van der Waals surface area (Å²) in [6, 6.07) is 8.56. The lowest BCUT2D eigenvalue weighted by Gasteiger charge is -2.46. The molecular weight excluding hydrogens is 328 g/mol. The normalized spacial score (nSPS) is 26.5. The van der Waals surface area contributed by atoms with E-state index in [1.54, 1.807) is 0 Å². The molecule has 1 heterocycles. The van der Waals surface area contributed by atoms with Gasteiger partial charge in [0.2, 0.25) is 0 Å². The molecule has 1 saturated heterocycles. The van der Waals surface area contributed by atoms with Gasteiger partial charge in [0.25, 0.3) is 0 Å². The predicted octanol–water partition coefficient (Wildman–Crippen LogP) is 3.07. The molecule has 0 amide bonds. The largest absolute Gasteiger partial charge is 0.380 e. The summed E-state index contributed by atoms with van der Waals surface area (Å²) >= 11 is 3.49. The van der Waals surface area contributed by atoms with E-state index in [-0.39, 0.29) is 5.54 Å². The van der Waals surface area contributed by atoms with Gasteiger partial charge in [0, 0.05) is 30.2 Å². The van der Waals surface area contributed by atoms with E-state index < -0.39 is 0 Å². The van der Waals surface area contributed by atoms with Crippen LogP contribution in [0.1, 0.15) is 25.8 Å². The minimum atomic E-state index is -0.00918. The van der Waals surface area contributed by atoms with Crippen molar-refractivity contribution in [1.82, 2.24) is 4.90 Å². The second-order valence-electron chi connectivity index (χ2n) is 6.49. The molecule has 0 bridgehead atoms. The Balaban J connectivity index is 2.11. The molecule has 4 heteroatoms. The first-order valence-electron chi connectivity index (χ1n) is 7.71. The van der Waals surface area contributed by atoms with Crippen molar-refractivity contribution in [3.8, 4) is 0 Å². The fraction of sp³-hybridized carbons (Fsp3) is 0.647. The Morgan fingerprint density at radius 1 is 1.38 bits per heavy atom. The summed E-state index contributed by atoms with van der Waals surface area (Å²) in [5.41, 5.74) is 7.47. The second-order valence-corrected chi connectivity index (χ2v) is 7.41. The average molecular weight is 355 g/mol. The van der Waals surface area contributed by atoms with E-state index in [1.165, 1.54) is 12.0 Å². The van der Waals surface area contributed by atoms with Gasteiger partial charge < -0.3 is 10.5 Å². The lowest BCUT2D eigenvalue weighted by Crippen LogP contribution is -2.59. The number of halogens is 1. The van der Waals surface area contributed by atoms with E-state index >= 15 is 0 Å². The highest BCUT2D eigenvalue weighted by molar-refractivity contribution is 9.10. The van der Waals surface area contributed by atoms with Crippen LogP contribution in [0.25, 0.3) is 0 Å². The van der Waals surface area contributed by atoms with E-state index in [0.29, 0.717) is 18.6 Å². The Hall–Kier alpha value is -0.420. The standard InChI is InChI=1S/C17H27BrN2O/c1-13-8-9-20(11-16(13)21-3)17(2,12-19)10-14-4-6-15(18)7-5-14/h4-7,13,16H,8-12,19H2,1-3H3. The third kappa shape index (κ3) is 4.07. The van der Waals surface area contributed by atoms with Gasteiger partial charge in [-0.1, -0.05) is 35.0 Å². The summed E-state index contributed by atoms with van der Waals surface area (Å²) < 4.78 is 6.77. The van der Waals surface area contributed by atoms with Crippen molar-refractivity contribution in [3.63, 3.8) is 0 Å². The Kier molecular flexibility index (Phi) is 5.83. The molecule has 1 aromatic carbocycles. The number of ether oxygens (including phenoxy) is 1. The van der Waals surface area contributed by atoms with Gasteiger partial charge in [-0.25, -0.2) is 0 Å². The Labute approximate surface area is 137 Å². The molecule has 3 unspecified atom stereocenters. The molecule has 0 aromatic heterocycles. The van der Waals surface area contributed by atoms with Crippen molar-refractivity contribution in [1.29, 1.82) is 0 Å². The van der Waals surface area contributed by atoms with Gasteiger partial charge >= 0.3 is 0 Å². The van der Waals surface area contributed by atoms with Crippen molar-refractivity contribution >= 4 is 15.9 Å². The number of piperidine rings is 1. The fourth-order valence-electron chi connectivity index (χ4n) is 3.19. The molecule has 2 N–H and O–H groups in total. The topological polar surface area (TPSA) is 38.5 Å². The SMILES string of the molecule is COC1CN(C(C)(CN)Cc2ccc(Br)cc2)CCC1C. The van der Waals surface area contributed by atoms with Gasteiger partial charge in [0.1, 0.15) is 0 Å². The van der Waals surface area contributed by atoms with Crippen LogP contribution in [0.5, 0.6) is 0 Å². The third-order valence-electron chi connectivity index (χ3n) is 4.89. The zero-order valence-corrected chi connectivity index (χ0v) is 14.9. The molecule has 118 valence electrons.